The molecule has 3 aromatic rings. The molecule has 2 N–H and O–H groups in total. The summed E-state index contributed by atoms with van der Waals surface area (Å²) in [4.78, 5) is 0. The highest BCUT2D eigenvalue weighted by molar-refractivity contribution is 5.60. The van der Waals surface area contributed by atoms with Crippen LogP contribution in [0.2, 0.25) is 0 Å². The van der Waals surface area contributed by atoms with Crippen molar-refractivity contribution in [2.75, 3.05) is 10.6 Å². The van der Waals surface area contributed by atoms with E-state index in [1.54, 1.807) is 0 Å². The van der Waals surface area contributed by atoms with E-state index >= 15 is 0 Å². The molecule has 0 radical (unpaired) electrons. The van der Waals surface area contributed by atoms with Gasteiger partial charge in [0.25, 0.3) is 0 Å². The molecule has 0 amide bonds. The van der Waals surface area contributed by atoms with Crippen LogP contribution >= 0.6 is 0 Å². The van der Waals surface area contributed by atoms with Gasteiger partial charge in [0.05, 0.1) is 0 Å². The molecule has 0 aliphatic rings. The van der Waals surface area contributed by atoms with Gasteiger partial charge in [-0.2, -0.15) is 0 Å². The maximum Gasteiger partial charge on any atom is 0.0382 e. The third-order valence-corrected chi connectivity index (χ3v) is 4.02. The van der Waals surface area contributed by atoms with Gasteiger partial charge >= 0.3 is 0 Å². The van der Waals surface area contributed by atoms with Crippen molar-refractivity contribution in [3.8, 4) is 0 Å². The third-order valence-electron chi connectivity index (χ3n) is 4.02. The first-order valence-electron chi connectivity index (χ1n) is 8.79. The van der Waals surface area contributed by atoms with Crippen molar-refractivity contribution in [3.63, 3.8) is 0 Å². The lowest BCUT2D eigenvalue weighted by molar-refractivity contribution is 1.45. The third kappa shape index (κ3) is 5.38. The summed E-state index contributed by atoms with van der Waals surface area (Å²) >= 11 is 0. The van der Waals surface area contributed by atoms with E-state index in [1.807, 2.05) is 12.4 Å². The summed E-state index contributed by atoms with van der Waals surface area (Å²) in [7, 11) is 0. The van der Waals surface area contributed by atoms with Crippen molar-refractivity contribution in [1.82, 2.24) is 0 Å². The largest absolute Gasteiger partial charge is 0.362 e. The van der Waals surface area contributed by atoms with E-state index in [0.717, 1.165) is 22.5 Å². The topological polar surface area (TPSA) is 24.1 Å². The minimum Gasteiger partial charge on any atom is -0.362 e. The molecule has 0 aliphatic carbocycles. The molecular formula is C24H24N2. The molecule has 0 spiro atoms. The average Bonchev–Trinajstić information content (AvgIpc) is 2.63. The Morgan fingerprint density at radius 2 is 1.00 bits per heavy atom. The van der Waals surface area contributed by atoms with Crippen LogP contribution in [0.15, 0.2) is 85.2 Å². The van der Waals surface area contributed by atoms with Gasteiger partial charge in [0, 0.05) is 23.8 Å². The minimum absolute atomic E-state index is 1.10. The van der Waals surface area contributed by atoms with Gasteiger partial charge in [-0.25, -0.2) is 0 Å². The van der Waals surface area contributed by atoms with Crippen LogP contribution in [0.1, 0.15) is 22.3 Å². The summed E-state index contributed by atoms with van der Waals surface area (Å²) in [6, 6.07) is 25.1. The zero-order valence-corrected chi connectivity index (χ0v) is 15.2. The van der Waals surface area contributed by atoms with Crippen molar-refractivity contribution in [2.24, 2.45) is 0 Å². The molecule has 3 rings (SSSR count). The number of rotatable bonds is 6. The Bertz CT molecular complexity index is 829. The van der Waals surface area contributed by atoms with Crippen molar-refractivity contribution >= 4 is 23.5 Å². The number of aryl methyl sites for hydroxylation is 2. The van der Waals surface area contributed by atoms with E-state index in [1.165, 1.54) is 11.1 Å². The standard InChI is InChI=1S/C24H24N2/c1-19-5-3-7-23(17-19)25-15-13-21-9-11-22(12-10-21)14-16-26-24-8-4-6-20(2)18-24/h3-18,25-26H,1-2H3. The summed E-state index contributed by atoms with van der Waals surface area (Å²) in [5.74, 6) is 0. The smallest absolute Gasteiger partial charge is 0.0382 e. The van der Waals surface area contributed by atoms with Gasteiger partial charge in [-0.05, 0) is 72.5 Å². The molecule has 0 atom stereocenters. The maximum absolute atomic E-state index is 3.30. The SMILES string of the molecule is Cc1cccc(NC=Cc2ccc(C=CNc3cccc(C)c3)cc2)c1. The summed E-state index contributed by atoms with van der Waals surface area (Å²) < 4.78 is 0. The Morgan fingerprint density at radius 3 is 1.38 bits per heavy atom. The van der Waals surface area contributed by atoms with Crippen LogP contribution in [0.4, 0.5) is 11.4 Å². The molecule has 0 aliphatic heterocycles. The van der Waals surface area contributed by atoms with E-state index in [0.29, 0.717) is 0 Å². The lowest BCUT2D eigenvalue weighted by atomic mass is 10.1. The summed E-state index contributed by atoms with van der Waals surface area (Å²) in [5.41, 5.74) is 7.02. The molecule has 0 saturated heterocycles. The Labute approximate surface area is 155 Å². The lowest BCUT2D eigenvalue weighted by Gasteiger charge is -2.02. The van der Waals surface area contributed by atoms with Crippen LogP contribution in [0.5, 0.6) is 0 Å². The molecule has 0 saturated carbocycles. The average molecular weight is 340 g/mol. The van der Waals surface area contributed by atoms with E-state index in [-0.39, 0.29) is 0 Å². The van der Waals surface area contributed by atoms with Gasteiger partial charge in [0.2, 0.25) is 0 Å². The van der Waals surface area contributed by atoms with Crippen LogP contribution in [0, 0.1) is 13.8 Å². The highest BCUT2D eigenvalue weighted by atomic mass is 14.8. The summed E-state index contributed by atoms with van der Waals surface area (Å²) in [5, 5.41) is 6.60. The van der Waals surface area contributed by atoms with E-state index in [4.69, 9.17) is 0 Å². The predicted octanol–water partition coefficient (Wildman–Crippen LogP) is 6.47. The number of hydrogen-bond donors (Lipinski definition) is 2. The number of benzene rings is 3. The quantitative estimate of drug-likeness (QED) is 0.537. The fraction of sp³-hybridized carbons (Fsp3) is 0.0833. The molecule has 26 heavy (non-hydrogen) atoms. The molecule has 2 heteroatoms. The van der Waals surface area contributed by atoms with Crippen LogP contribution in [0.3, 0.4) is 0 Å². The van der Waals surface area contributed by atoms with Gasteiger partial charge in [0.15, 0.2) is 0 Å². The Balaban J connectivity index is 1.54. The number of anilines is 2. The zero-order chi connectivity index (χ0) is 18.2. The van der Waals surface area contributed by atoms with Gasteiger partial charge in [-0.15, -0.1) is 0 Å². The monoisotopic (exact) mass is 340 g/mol. The Morgan fingerprint density at radius 1 is 0.577 bits per heavy atom. The molecule has 0 fully saturated rings. The van der Waals surface area contributed by atoms with Crippen molar-refractivity contribution in [2.45, 2.75) is 13.8 Å². The van der Waals surface area contributed by atoms with Crippen molar-refractivity contribution in [3.05, 3.63) is 107 Å². The molecule has 130 valence electrons. The lowest BCUT2D eigenvalue weighted by Crippen LogP contribution is -1.88. The highest BCUT2D eigenvalue weighted by Gasteiger charge is 1.91. The van der Waals surface area contributed by atoms with Gasteiger partial charge in [-0.1, -0.05) is 48.5 Å². The first kappa shape index (κ1) is 17.6. The van der Waals surface area contributed by atoms with E-state index in [2.05, 4.69) is 109 Å². The van der Waals surface area contributed by atoms with E-state index < -0.39 is 0 Å². The van der Waals surface area contributed by atoms with Crippen molar-refractivity contribution in [1.29, 1.82) is 0 Å². The minimum atomic E-state index is 1.10. The first-order valence-corrected chi connectivity index (χ1v) is 8.79. The Hall–Kier alpha value is -3.26. The molecule has 0 bridgehead atoms. The molecule has 2 nitrogen and oxygen atoms in total. The second-order valence-electron chi connectivity index (χ2n) is 6.36. The molecule has 0 heterocycles. The second kappa shape index (κ2) is 8.72. The summed E-state index contributed by atoms with van der Waals surface area (Å²) in [6.07, 6.45) is 8.08. The highest BCUT2D eigenvalue weighted by Crippen LogP contribution is 2.13. The first-order chi connectivity index (χ1) is 12.7. The van der Waals surface area contributed by atoms with Crippen LogP contribution in [0.25, 0.3) is 12.2 Å². The van der Waals surface area contributed by atoms with E-state index in [9.17, 15) is 0 Å². The molecule has 0 aromatic heterocycles. The fourth-order valence-corrected chi connectivity index (χ4v) is 2.66. The van der Waals surface area contributed by atoms with Crippen LogP contribution in [-0.2, 0) is 0 Å². The Kier molecular flexibility index (Phi) is 5.89. The van der Waals surface area contributed by atoms with Gasteiger partial charge in [-0.3, -0.25) is 0 Å². The number of nitrogens with one attached hydrogen (secondary N) is 2. The second-order valence-corrected chi connectivity index (χ2v) is 6.36. The normalized spacial score (nSPS) is 11.2. The van der Waals surface area contributed by atoms with Gasteiger partial charge < -0.3 is 10.6 Å². The predicted molar refractivity (Wildman–Crippen MR) is 114 cm³/mol. The maximum atomic E-state index is 3.30. The number of hydrogen-bond acceptors (Lipinski definition) is 2. The van der Waals surface area contributed by atoms with Crippen LogP contribution in [-0.4, -0.2) is 0 Å². The fourth-order valence-electron chi connectivity index (χ4n) is 2.66. The summed E-state index contributed by atoms with van der Waals surface area (Å²) in [6.45, 7) is 4.18. The molecule has 0 unspecified atom stereocenters. The zero-order valence-electron chi connectivity index (χ0n) is 15.2. The molecular weight excluding hydrogens is 316 g/mol. The molecule has 3 aromatic carbocycles. The van der Waals surface area contributed by atoms with Gasteiger partial charge in [0.1, 0.15) is 0 Å². The van der Waals surface area contributed by atoms with Crippen LogP contribution < -0.4 is 10.6 Å². The van der Waals surface area contributed by atoms with Crippen molar-refractivity contribution < 1.29 is 0 Å².